The van der Waals surface area contributed by atoms with E-state index in [4.69, 9.17) is 9.47 Å². The summed E-state index contributed by atoms with van der Waals surface area (Å²) in [5.74, 6) is 1.51. The molecule has 0 saturated carbocycles. The molecule has 0 spiro atoms. The molecule has 0 heterocycles. The van der Waals surface area contributed by atoms with Crippen LogP contribution in [0.5, 0.6) is 11.5 Å². The molecule has 4 nitrogen and oxygen atoms in total. The number of hydrogen-bond acceptors (Lipinski definition) is 4. The van der Waals surface area contributed by atoms with Gasteiger partial charge in [0.1, 0.15) is 11.5 Å². The summed E-state index contributed by atoms with van der Waals surface area (Å²) in [6.45, 7) is 0. The molecule has 0 aliphatic heterocycles. The van der Waals surface area contributed by atoms with Crippen molar-refractivity contribution in [3.8, 4) is 11.5 Å². The van der Waals surface area contributed by atoms with E-state index in [9.17, 15) is 4.79 Å². The molecule has 1 aromatic carbocycles. The van der Waals surface area contributed by atoms with Crippen molar-refractivity contribution in [2.75, 3.05) is 21.2 Å². The summed E-state index contributed by atoms with van der Waals surface area (Å²) in [6.07, 6.45) is 2.27. The molecule has 0 radical (unpaired) electrons. The van der Waals surface area contributed by atoms with Crippen LogP contribution in [0.15, 0.2) is 36.2 Å². The van der Waals surface area contributed by atoms with Gasteiger partial charge in [0.25, 0.3) is 0 Å². The van der Waals surface area contributed by atoms with E-state index in [0.29, 0.717) is 17.8 Å². The first kappa shape index (κ1) is 12.1. The maximum Gasteiger partial charge on any atom is 0.186 e. The third-order valence-corrected chi connectivity index (χ3v) is 1.78. The van der Waals surface area contributed by atoms with E-state index < -0.39 is 0 Å². The minimum absolute atomic E-state index is 0.248. The summed E-state index contributed by atoms with van der Waals surface area (Å²) in [7, 11) is 5.21. The van der Waals surface area contributed by atoms with Crippen LogP contribution >= 0.6 is 0 Å². The molecule has 0 atom stereocenters. The van der Waals surface area contributed by atoms with Crippen LogP contribution in [0.2, 0.25) is 0 Å². The van der Waals surface area contributed by atoms with E-state index in [0.717, 1.165) is 0 Å². The molecular weight excluding hydrogens is 206 g/mol. The number of aldehydes is 1. The van der Waals surface area contributed by atoms with Crippen molar-refractivity contribution in [3.05, 3.63) is 36.2 Å². The largest absolute Gasteiger partial charge is 0.497 e. The van der Waals surface area contributed by atoms with Crippen LogP contribution in [-0.2, 0) is 4.79 Å². The van der Waals surface area contributed by atoms with Crippen LogP contribution in [0.25, 0.3) is 0 Å². The number of nitrogens with zero attached hydrogens (tertiary/aromatic N) is 1. The lowest BCUT2D eigenvalue weighted by Gasteiger charge is -2.09. The molecule has 0 amide bonds. The molecule has 0 aromatic heterocycles. The monoisotopic (exact) mass is 221 g/mol. The van der Waals surface area contributed by atoms with Crippen LogP contribution in [-0.4, -0.2) is 32.4 Å². The lowest BCUT2D eigenvalue weighted by molar-refractivity contribution is -0.106. The highest BCUT2D eigenvalue weighted by Crippen LogP contribution is 2.20. The lowest BCUT2D eigenvalue weighted by Crippen LogP contribution is -2.07. The molecule has 16 heavy (non-hydrogen) atoms. The Morgan fingerprint density at radius 3 is 2.56 bits per heavy atom. The number of carbonyl (C=O) groups is 1. The highest BCUT2D eigenvalue weighted by atomic mass is 16.5. The second-order valence-electron chi connectivity index (χ2n) is 3.39. The summed E-state index contributed by atoms with van der Waals surface area (Å²) in [5, 5.41) is 0. The summed E-state index contributed by atoms with van der Waals surface area (Å²) in [5.41, 5.74) is 0. The van der Waals surface area contributed by atoms with Gasteiger partial charge in [-0.2, -0.15) is 0 Å². The molecule has 0 aliphatic carbocycles. The Hall–Kier alpha value is -1.97. The molecule has 0 fully saturated rings. The summed E-state index contributed by atoms with van der Waals surface area (Å²) >= 11 is 0. The maximum absolute atomic E-state index is 10.7. The molecule has 0 N–H and O–H groups in total. The van der Waals surface area contributed by atoms with E-state index in [2.05, 4.69) is 0 Å². The van der Waals surface area contributed by atoms with E-state index in [1.807, 2.05) is 20.2 Å². The lowest BCUT2D eigenvalue weighted by atomic mass is 10.3. The molecular formula is C12H15NO3. The van der Waals surface area contributed by atoms with Crippen molar-refractivity contribution in [1.29, 1.82) is 0 Å². The van der Waals surface area contributed by atoms with Gasteiger partial charge >= 0.3 is 0 Å². The van der Waals surface area contributed by atoms with Crippen LogP contribution in [0, 0.1) is 0 Å². The number of carbonyl (C=O) groups excluding carboxylic acids is 1. The average Bonchev–Trinajstić information content (AvgIpc) is 2.28. The predicted molar refractivity (Wildman–Crippen MR) is 61.5 cm³/mol. The average molecular weight is 221 g/mol. The van der Waals surface area contributed by atoms with E-state index in [-0.39, 0.29) is 5.76 Å². The van der Waals surface area contributed by atoms with Crippen molar-refractivity contribution < 1.29 is 14.3 Å². The second kappa shape index (κ2) is 5.80. The number of methoxy groups -OCH3 is 1. The fraction of sp³-hybridized carbons (Fsp3) is 0.250. The first-order valence-electron chi connectivity index (χ1n) is 4.81. The number of allylic oxidation sites excluding steroid dienone is 1. The van der Waals surface area contributed by atoms with Gasteiger partial charge in [-0.1, -0.05) is 6.07 Å². The van der Waals surface area contributed by atoms with Gasteiger partial charge < -0.3 is 14.4 Å². The van der Waals surface area contributed by atoms with Gasteiger partial charge in [-0.25, -0.2) is 0 Å². The number of ether oxygens (including phenoxy) is 2. The Bertz CT molecular complexity index is 386. The zero-order chi connectivity index (χ0) is 12.0. The van der Waals surface area contributed by atoms with E-state index >= 15 is 0 Å². The topological polar surface area (TPSA) is 38.8 Å². The van der Waals surface area contributed by atoms with Crippen LogP contribution in [0.4, 0.5) is 0 Å². The summed E-state index contributed by atoms with van der Waals surface area (Å²) < 4.78 is 10.4. The fourth-order valence-electron chi connectivity index (χ4n) is 1.14. The van der Waals surface area contributed by atoms with Crippen LogP contribution in [0.3, 0.4) is 0 Å². The van der Waals surface area contributed by atoms with Crippen molar-refractivity contribution in [2.24, 2.45) is 0 Å². The second-order valence-corrected chi connectivity index (χ2v) is 3.39. The minimum Gasteiger partial charge on any atom is -0.497 e. The predicted octanol–water partition coefficient (Wildman–Crippen LogP) is 1.68. The van der Waals surface area contributed by atoms with Crippen LogP contribution < -0.4 is 9.47 Å². The highest BCUT2D eigenvalue weighted by Gasteiger charge is 2.01. The van der Waals surface area contributed by atoms with E-state index in [1.54, 1.807) is 36.4 Å². The number of benzene rings is 1. The van der Waals surface area contributed by atoms with Crippen molar-refractivity contribution in [2.45, 2.75) is 0 Å². The minimum atomic E-state index is 0.248. The quantitative estimate of drug-likeness (QED) is 0.431. The van der Waals surface area contributed by atoms with E-state index in [1.165, 1.54) is 0 Å². The molecule has 1 aromatic rings. The molecule has 86 valence electrons. The van der Waals surface area contributed by atoms with Gasteiger partial charge in [0, 0.05) is 26.4 Å². The fourth-order valence-corrected chi connectivity index (χ4v) is 1.14. The molecule has 1 rings (SSSR count). The SMILES string of the molecule is COc1cccc(O/C(C=O)=C\N(C)C)c1. The van der Waals surface area contributed by atoms with Gasteiger partial charge in [0.2, 0.25) is 0 Å². The third kappa shape index (κ3) is 3.65. The summed E-state index contributed by atoms with van der Waals surface area (Å²) in [4.78, 5) is 12.5. The Morgan fingerprint density at radius 2 is 2.00 bits per heavy atom. The van der Waals surface area contributed by atoms with Gasteiger partial charge in [0.05, 0.1) is 7.11 Å². The Balaban J connectivity index is 2.81. The Morgan fingerprint density at radius 1 is 1.31 bits per heavy atom. The molecule has 4 heteroatoms. The summed E-state index contributed by atoms with van der Waals surface area (Å²) in [6, 6.07) is 7.08. The zero-order valence-electron chi connectivity index (χ0n) is 9.64. The number of hydrogen-bond donors (Lipinski definition) is 0. The molecule has 0 aliphatic rings. The van der Waals surface area contributed by atoms with Crippen LogP contribution in [0.1, 0.15) is 0 Å². The smallest absolute Gasteiger partial charge is 0.186 e. The van der Waals surface area contributed by atoms with Gasteiger partial charge in [-0.3, -0.25) is 4.79 Å². The highest BCUT2D eigenvalue weighted by molar-refractivity contribution is 5.70. The van der Waals surface area contributed by atoms with Gasteiger partial charge in [0.15, 0.2) is 12.0 Å². The maximum atomic E-state index is 10.7. The first-order chi connectivity index (χ1) is 7.65. The van der Waals surface area contributed by atoms with Crippen molar-refractivity contribution >= 4 is 6.29 Å². The third-order valence-electron chi connectivity index (χ3n) is 1.78. The normalized spacial score (nSPS) is 10.8. The van der Waals surface area contributed by atoms with Crippen molar-refractivity contribution in [3.63, 3.8) is 0 Å². The molecule has 0 saturated heterocycles. The standard InChI is InChI=1S/C12H15NO3/c1-13(2)8-12(9-14)16-11-6-4-5-10(7-11)15-3/h4-9H,1-3H3/b12-8-. The van der Waals surface area contributed by atoms with Gasteiger partial charge in [-0.15, -0.1) is 0 Å². The van der Waals surface area contributed by atoms with Crippen molar-refractivity contribution in [1.82, 2.24) is 4.90 Å². The Kier molecular flexibility index (Phi) is 4.39. The Labute approximate surface area is 95.1 Å². The van der Waals surface area contributed by atoms with Gasteiger partial charge in [-0.05, 0) is 12.1 Å². The first-order valence-corrected chi connectivity index (χ1v) is 4.81. The zero-order valence-corrected chi connectivity index (χ0v) is 9.64. The number of rotatable bonds is 5. The molecule has 0 bridgehead atoms. The molecule has 0 unspecified atom stereocenters.